The summed E-state index contributed by atoms with van der Waals surface area (Å²) in [6, 6.07) is 62.0. The quantitative estimate of drug-likeness (QED) is 0.0520. The van der Waals surface area contributed by atoms with E-state index in [1.165, 1.54) is 28.3 Å². The van der Waals surface area contributed by atoms with Crippen molar-refractivity contribution < 1.29 is 14.4 Å². The molecule has 0 bridgehead atoms. The molecule has 2 saturated heterocycles. The van der Waals surface area contributed by atoms with Crippen molar-refractivity contribution in [2.24, 2.45) is 0 Å². The van der Waals surface area contributed by atoms with Crippen LogP contribution in [0, 0.1) is 0 Å². The van der Waals surface area contributed by atoms with Gasteiger partial charge in [-0.1, -0.05) is 146 Å². The number of para-hydroxylation sites is 4. The minimum absolute atomic E-state index is 0.272. The van der Waals surface area contributed by atoms with Crippen LogP contribution in [0.1, 0.15) is 49.7 Å². The van der Waals surface area contributed by atoms with Gasteiger partial charge >= 0.3 is 0 Å². The first-order valence-electron chi connectivity index (χ1n) is 21.9. The number of unbranched alkanes of at least 4 members (excludes halogenated alkanes) is 2. The van der Waals surface area contributed by atoms with E-state index in [1.807, 2.05) is 72.8 Å². The van der Waals surface area contributed by atoms with E-state index in [0.29, 0.717) is 25.2 Å². The van der Waals surface area contributed by atoms with Crippen LogP contribution in [0.15, 0.2) is 182 Å². The van der Waals surface area contributed by atoms with Crippen LogP contribution >= 0.6 is 39.5 Å². The maximum Gasteiger partial charge on any atom is 0.248 e. The Hall–Kier alpha value is -4.65. The number of aliphatic hydroxyl groups excluding tert-OH is 1. The van der Waals surface area contributed by atoms with Crippen LogP contribution in [0.3, 0.4) is 0 Å². The Kier molecular flexibility index (Phi) is 20.4. The van der Waals surface area contributed by atoms with Crippen LogP contribution < -0.4 is 18.7 Å². The SMILES string of the molecule is ClP1N(c2ccccc2)CCN1c1ccccc1.O=C(CCCCOP1N(c2ccccc2)CCN1c1ccccc1)Cc1ccccc1.OCCCCC(=S)Cc1ccccc1. The molecule has 6 aromatic rings. The number of anilines is 4. The molecular weight excluding hydrogens is 858 g/mol. The third kappa shape index (κ3) is 15.5. The number of hydrogen-bond donors (Lipinski definition) is 1. The molecule has 0 aliphatic carbocycles. The summed E-state index contributed by atoms with van der Waals surface area (Å²) >= 11 is 11.9. The molecule has 6 aromatic carbocycles. The van der Waals surface area contributed by atoms with Gasteiger partial charge in [-0.2, -0.15) is 0 Å². The fourth-order valence-corrected chi connectivity index (χ4v) is 12.0. The second kappa shape index (κ2) is 26.9. The number of thiocarbonyl (C=S) groups is 1. The number of halogens is 1. The molecule has 11 heteroatoms. The zero-order valence-electron chi connectivity index (χ0n) is 36.0. The van der Waals surface area contributed by atoms with Crippen molar-refractivity contribution >= 4 is 72.9 Å². The molecule has 0 radical (unpaired) electrons. The van der Waals surface area contributed by atoms with Crippen molar-refractivity contribution in [2.45, 2.75) is 51.4 Å². The van der Waals surface area contributed by atoms with Gasteiger partial charge in [0.05, 0.1) is 6.61 Å². The third-order valence-corrected chi connectivity index (χ3v) is 15.7. The Morgan fingerprint density at radius 2 is 0.873 bits per heavy atom. The number of hydrogen-bond acceptors (Lipinski definition) is 8. The fourth-order valence-electron chi connectivity index (χ4n) is 7.25. The first-order chi connectivity index (χ1) is 31.0. The van der Waals surface area contributed by atoms with Crippen LogP contribution in [0.25, 0.3) is 0 Å². The summed E-state index contributed by atoms with van der Waals surface area (Å²) in [5, 5.41) is 8.63. The van der Waals surface area contributed by atoms with Crippen LogP contribution in [0.2, 0.25) is 0 Å². The molecule has 2 aliphatic rings. The van der Waals surface area contributed by atoms with Crippen molar-refractivity contribution in [1.29, 1.82) is 0 Å². The molecule has 2 fully saturated rings. The normalized spacial score (nSPS) is 13.9. The van der Waals surface area contributed by atoms with Gasteiger partial charge in [0.15, 0.2) is 7.58 Å². The van der Waals surface area contributed by atoms with Gasteiger partial charge in [-0.15, -0.1) is 0 Å². The van der Waals surface area contributed by atoms with Gasteiger partial charge in [-0.3, -0.25) is 4.79 Å². The van der Waals surface area contributed by atoms with Gasteiger partial charge in [0.2, 0.25) is 8.45 Å². The summed E-state index contributed by atoms with van der Waals surface area (Å²) in [5.74, 6) is 0.301. The van der Waals surface area contributed by atoms with E-state index in [1.54, 1.807) is 0 Å². The highest BCUT2D eigenvalue weighted by atomic mass is 35.7. The van der Waals surface area contributed by atoms with Gasteiger partial charge in [-0.05, 0) is 108 Å². The van der Waals surface area contributed by atoms with Gasteiger partial charge in [0.25, 0.3) is 0 Å². The van der Waals surface area contributed by atoms with E-state index < -0.39 is 16.0 Å². The Labute approximate surface area is 387 Å². The van der Waals surface area contributed by atoms with Gasteiger partial charge in [0.1, 0.15) is 5.78 Å². The lowest BCUT2D eigenvalue weighted by Gasteiger charge is -2.30. The third-order valence-electron chi connectivity index (χ3n) is 10.5. The number of benzene rings is 6. The number of ketones is 1. The largest absolute Gasteiger partial charge is 0.396 e. The maximum absolute atomic E-state index is 12.3. The summed E-state index contributed by atoms with van der Waals surface area (Å²) in [5.41, 5.74) is 7.18. The Morgan fingerprint density at radius 1 is 0.508 bits per heavy atom. The minimum Gasteiger partial charge on any atom is -0.396 e. The van der Waals surface area contributed by atoms with E-state index in [4.69, 9.17) is 33.1 Å². The minimum atomic E-state index is -0.915. The Morgan fingerprint density at radius 3 is 1.30 bits per heavy atom. The highest BCUT2D eigenvalue weighted by Crippen LogP contribution is 2.56. The standard InChI is InChI=1S/C26H29N2O2P.C14H14ClN2P.C12H16OS/c29-26(22-23-12-4-1-5-13-23)18-10-11-21-30-31-27(24-14-6-2-7-15-24)19-20-28(31)25-16-8-3-9-17-25;15-18-16(13-7-3-1-4-8-13)11-12-17(18)14-9-5-2-6-10-14;13-9-5-4-8-12(14)10-11-6-2-1-3-7-11/h1-9,12-17H,10-11,18-22H2;1-10H,11-12H2;1-3,6-7,13H,4-5,8-10H2. The van der Waals surface area contributed by atoms with Gasteiger partial charge in [-0.25, -0.2) is 0 Å². The van der Waals surface area contributed by atoms with Crippen LogP contribution in [0.5, 0.6) is 0 Å². The van der Waals surface area contributed by atoms with Crippen LogP contribution in [-0.2, 0) is 22.2 Å². The first kappa shape index (κ1) is 47.8. The molecule has 328 valence electrons. The summed E-state index contributed by atoms with van der Waals surface area (Å²) in [6.07, 6.45) is 6.60. The number of rotatable bonds is 18. The molecule has 1 N–H and O–H groups in total. The van der Waals surface area contributed by atoms with Crippen molar-refractivity contribution in [3.8, 4) is 0 Å². The lowest BCUT2D eigenvalue weighted by molar-refractivity contribution is -0.118. The first-order valence-corrected chi connectivity index (χ1v) is 25.6. The summed E-state index contributed by atoms with van der Waals surface area (Å²) in [7, 11) is -1.72. The summed E-state index contributed by atoms with van der Waals surface area (Å²) in [4.78, 5) is 13.3. The van der Waals surface area contributed by atoms with Crippen molar-refractivity contribution in [3.63, 3.8) is 0 Å². The zero-order chi connectivity index (χ0) is 43.9. The number of Topliss-reactive ketones (excluding diaryl/α,β-unsaturated/α-hetero) is 1. The smallest absolute Gasteiger partial charge is 0.248 e. The van der Waals surface area contributed by atoms with E-state index in [9.17, 15) is 4.79 Å². The topological polar surface area (TPSA) is 59.5 Å². The Balaban J connectivity index is 0.000000174. The number of nitrogens with zero attached hydrogens (tertiary/aromatic N) is 4. The summed E-state index contributed by atoms with van der Waals surface area (Å²) < 4.78 is 15.8. The predicted molar refractivity (Wildman–Crippen MR) is 273 cm³/mol. The van der Waals surface area contributed by atoms with E-state index in [0.717, 1.165) is 75.1 Å². The average molecular weight is 918 g/mol. The second-order valence-corrected chi connectivity index (χ2v) is 19.9. The molecule has 2 heterocycles. The zero-order valence-corrected chi connectivity index (χ0v) is 39.3. The molecule has 0 spiro atoms. The number of carbonyl (C=O) groups is 1. The van der Waals surface area contributed by atoms with E-state index in [-0.39, 0.29) is 6.61 Å². The number of aliphatic hydroxyl groups is 1. The lowest BCUT2D eigenvalue weighted by Crippen LogP contribution is -2.17. The van der Waals surface area contributed by atoms with Crippen LogP contribution in [-0.4, -0.2) is 55.1 Å². The van der Waals surface area contributed by atoms with Gasteiger partial charge < -0.3 is 28.3 Å². The van der Waals surface area contributed by atoms with Crippen molar-refractivity contribution in [2.75, 3.05) is 58.1 Å². The molecule has 0 atom stereocenters. The molecular formula is C52H59ClN4O3P2S. The van der Waals surface area contributed by atoms with Gasteiger partial charge in [0, 0.05) is 74.8 Å². The molecule has 2 aliphatic heterocycles. The molecule has 0 unspecified atom stereocenters. The van der Waals surface area contributed by atoms with E-state index >= 15 is 0 Å². The molecule has 8 rings (SSSR count). The van der Waals surface area contributed by atoms with Crippen molar-refractivity contribution in [3.05, 3.63) is 193 Å². The molecule has 0 saturated carbocycles. The molecule has 0 aromatic heterocycles. The lowest BCUT2D eigenvalue weighted by atomic mass is 10.1. The summed E-state index contributed by atoms with van der Waals surface area (Å²) in [6.45, 7) is 4.79. The maximum atomic E-state index is 12.3. The average Bonchev–Trinajstić information content (AvgIpc) is 3.94. The highest BCUT2D eigenvalue weighted by molar-refractivity contribution is 7.86. The predicted octanol–water partition coefficient (Wildman–Crippen LogP) is 13.5. The molecule has 0 amide bonds. The monoisotopic (exact) mass is 916 g/mol. The molecule has 63 heavy (non-hydrogen) atoms. The highest BCUT2D eigenvalue weighted by Gasteiger charge is 2.35. The Bertz CT molecular complexity index is 2090. The molecule has 7 nitrogen and oxygen atoms in total. The second-order valence-electron chi connectivity index (χ2n) is 15.2. The fraction of sp³-hybridized carbons (Fsp3) is 0.269. The number of carbonyl (C=O) groups excluding carboxylic acids is 1. The van der Waals surface area contributed by atoms with Crippen molar-refractivity contribution in [1.82, 2.24) is 0 Å². The van der Waals surface area contributed by atoms with Crippen LogP contribution in [0.4, 0.5) is 22.7 Å². The van der Waals surface area contributed by atoms with E-state index in [2.05, 4.69) is 128 Å².